The maximum Gasteiger partial charge on any atom is 0.432 e. The molecule has 0 radical (unpaired) electrons. The zero-order chi connectivity index (χ0) is 16.0. The molecule has 1 aliphatic rings. The number of carbonyl (C=O) groups is 1. The topological polar surface area (TPSA) is 77.2 Å². The molecule has 116 valence electrons. The highest BCUT2D eigenvalue weighted by Gasteiger charge is 2.21. The standard InChI is InChI=1S/C17H15N3O3/c1-23-15-8-14-13(9-18-20(14)17(21)22)19-16(15)12-7-3-5-10-4-2-6-11(10)12/h3,5,7-9H,2,4,6H2,1H3,(H,21,22). The second kappa shape index (κ2) is 5.08. The minimum absolute atomic E-state index is 0.422. The zero-order valence-electron chi connectivity index (χ0n) is 12.6. The number of nitrogens with zero attached hydrogens (tertiary/aromatic N) is 3. The van der Waals surface area contributed by atoms with Crippen LogP contribution in [0.2, 0.25) is 0 Å². The Balaban J connectivity index is 1.97. The predicted molar refractivity (Wildman–Crippen MR) is 85.0 cm³/mol. The van der Waals surface area contributed by atoms with Crippen molar-refractivity contribution < 1.29 is 14.6 Å². The van der Waals surface area contributed by atoms with E-state index in [4.69, 9.17) is 4.74 Å². The fourth-order valence-corrected chi connectivity index (χ4v) is 3.28. The monoisotopic (exact) mass is 309 g/mol. The Morgan fingerprint density at radius 3 is 3.00 bits per heavy atom. The first-order chi connectivity index (χ1) is 11.2. The molecule has 1 aromatic carbocycles. The van der Waals surface area contributed by atoms with Gasteiger partial charge in [0.1, 0.15) is 22.5 Å². The van der Waals surface area contributed by atoms with Gasteiger partial charge in [0.25, 0.3) is 0 Å². The molecule has 0 fully saturated rings. The lowest BCUT2D eigenvalue weighted by Crippen LogP contribution is -2.09. The normalized spacial score (nSPS) is 13.3. The molecule has 6 heteroatoms. The number of pyridine rings is 1. The molecule has 0 unspecified atom stereocenters. The van der Waals surface area contributed by atoms with E-state index in [1.807, 2.05) is 12.1 Å². The Morgan fingerprint density at radius 2 is 2.22 bits per heavy atom. The minimum atomic E-state index is -1.14. The highest BCUT2D eigenvalue weighted by Crippen LogP contribution is 2.37. The molecule has 23 heavy (non-hydrogen) atoms. The van der Waals surface area contributed by atoms with Gasteiger partial charge in [-0.2, -0.15) is 9.78 Å². The largest absolute Gasteiger partial charge is 0.494 e. The third kappa shape index (κ3) is 2.06. The van der Waals surface area contributed by atoms with Gasteiger partial charge >= 0.3 is 6.09 Å². The van der Waals surface area contributed by atoms with Gasteiger partial charge in [0, 0.05) is 11.6 Å². The Kier molecular flexibility index (Phi) is 3.04. The average molecular weight is 309 g/mol. The number of aromatic nitrogens is 3. The predicted octanol–water partition coefficient (Wildman–Crippen LogP) is 3.12. The summed E-state index contributed by atoms with van der Waals surface area (Å²) in [4.78, 5) is 15.8. The zero-order valence-corrected chi connectivity index (χ0v) is 12.6. The number of ether oxygens (including phenoxy) is 1. The molecule has 0 aliphatic heterocycles. The highest BCUT2D eigenvalue weighted by atomic mass is 16.5. The van der Waals surface area contributed by atoms with E-state index in [0.29, 0.717) is 16.8 Å². The molecular weight excluding hydrogens is 294 g/mol. The number of benzene rings is 1. The number of fused-ring (bicyclic) bond motifs is 2. The van der Waals surface area contributed by atoms with E-state index in [0.717, 1.165) is 35.2 Å². The first-order valence-electron chi connectivity index (χ1n) is 7.46. The molecule has 0 saturated carbocycles. The highest BCUT2D eigenvalue weighted by molar-refractivity contribution is 5.88. The molecule has 4 rings (SSSR count). The van der Waals surface area contributed by atoms with Gasteiger partial charge in [0.2, 0.25) is 0 Å². The van der Waals surface area contributed by atoms with Crippen molar-refractivity contribution in [2.75, 3.05) is 7.11 Å². The molecule has 0 bridgehead atoms. The number of carboxylic acid groups (broad SMARTS) is 1. The van der Waals surface area contributed by atoms with Crippen molar-refractivity contribution in [1.82, 2.24) is 14.8 Å². The lowest BCUT2D eigenvalue weighted by atomic mass is 9.99. The number of aryl methyl sites for hydroxylation is 1. The maximum absolute atomic E-state index is 11.2. The van der Waals surface area contributed by atoms with Crippen LogP contribution in [-0.4, -0.2) is 33.1 Å². The van der Waals surface area contributed by atoms with Gasteiger partial charge in [-0.25, -0.2) is 9.78 Å². The van der Waals surface area contributed by atoms with Crippen LogP contribution in [-0.2, 0) is 12.8 Å². The van der Waals surface area contributed by atoms with Crippen molar-refractivity contribution in [1.29, 1.82) is 0 Å². The van der Waals surface area contributed by atoms with Crippen molar-refractivity contribution in [2.24, 2.45) is 0 Å². The van der Waals surface area contributed by atoms with Crippen molar-refractivity contribution in [3.63, 3.8) is 0 Å². The van der Waals surface area contributed by atoms with E-state index in [1.165, 1.54) is 17.3 Å². The number of hydrogen-bond acceptors (Lipinski definition) is 4. The van der Waals surface area contributed by atoms with E-state index in [9.17, 15) is 9.90 Å². The van der Waals surface area contributed by atoms with E-state index in [1.54, 1.807) is 13.2 Å². The first kappa shape index (κ1) is 13.8. The minimum Gasteiger partial charge on any atom is -0.494 e. The van der Waals surface area contributed by atoms with Gasteiger partial charge in [-0.15, -0.1) is 0 Å². The molecule has 0 atom stereocenters. The molecule has 3 aromatic rings. The molecular formula is C17H15N3O3. The summed E-state index contributed by atoms with van der Waals surface area (Å²) in [5, 5.41) is 13.1. The van der Waals surface area contributed by atoms with E-state index in [-0.39, 0.29) is 0 Å². The Morgan fingerprint density at radius 1 is 1.35 bits per heavy atom. The van der Waals surface area contributed by atoms with Gasteiger partial charge in [-0.1, -0.05) is 18.2 Å². The van der Waals surface area contributed by atoms with E-state index < -0.39 is 6.09 Å². The van der Waals surface area contributed by atoms with E-state index >= 15 is 0 Å². The van der Waals surface area contributed by atoms with Crippen LogP contribution >= 0.6 is 0 Å². The van der Waals surface area contributed by atoms with Gasteiger partial charge < -0.3 is 9.84 Å². The SMILES string of the molecule is COc1cc2c(cnn2C(=O)O)nc1-c1cccc2c1CCC2. The Hall–Kier alpha value is -2.89. The van der Waals surface area contributed by atoms with Crippen LogP contribution in [0.1, 0.15) is 17.5 Å². The van der Waals surface area contributed by atoms with Gasteiger partial charge in [0.15, 0.2) is 0 Å². The molecule has 0 saturated heterocycles. The van der Waals surface area contributed by atoms with Gasteiger partial charge in [-0.3, -0.25) is 0 Å². The smallest absolute Gasteiger partial charge is 0.432 e. The van der Waals surface area contributed by atoms with E-state index in [2.05, 4.69) is 16.1 Å². The quantitative estimate of drug-likeness (QED) is 0.787. The third-order valence-electron chi connectivity index (χ3n) is 4.32. The Bertz CT molecular complexity index is 930. The average Bonchev–Trinajstić information content (AvgIpc) is 3.19. The summed E-state index contributed by atoms with van der Waals surface area (Å²) in [6, 6.07) is 7.92. The third-order valence-corrected chi connectivity index (χ3v) is 4.32. The summed E-state index contributed by atoms with van der Waals surface area (Å²) in [6.45, 7) is 0. The first-order valence-corrected chi connectivity index (χ1v) is 7.46. The summed E-state index contributed by atoms with van der Waals surface area (Å²) < 4.78 is 6.38. The molecule has 1 N–H and O–H groups in total. The summed E-state index contributed by atoms with van der Waals surface area (Å²) in [6.07, 6.45) is 3.59. The summed E-state index contributed by atoms with van der Waals surface area (Å²) >= 11 is 0. The molecule has 2 heterocycles. The number of hydrogen-bond donors (Lipinski definition) is 1. The number of rotatable bonds is 2. The fourth-order valence-electron chi connectivity index (χ4n) is 3.28. The van der Waals surface area contributed by atoms with Crippen molar-refractivity contribution >= 4 is 17.1 Å². The van der Waals surface area contributed by atoms with Gasteiger partial charge in [0.05, 0.1) is 13.3 Å². The summed E-state index contributed by atoms with van der Waals surface area (Å²) in [7, 11) is 1.57. The molecule has 1 aliphatic carbocycles. The van der Waals surface area contributed by atoms with Crippen LogP contribution in [0.25, 0.3) is 22.3 Å². The van der Waals surface area contributed by atoms with Crippen molar-refractivity contribution in [3.8, 4) is 17.0 Å². The number of methoxy groups -OCH3 is 1. The lowest BCUT2D eigenvalue weighted by molar-refractivity contribution is 0.194. The maximum atomic E-state index is 11.2. The van der Waals surface area contributed by atoms with Gasteiger partial charge in [-0.05, 0) is 30.4 Å². The van der Waals surface area contributed by atoms with Crippen molar-refractivity contribution in [3.05, 3.63) is 41.6 Å². The van der Waals surface area contributed by atoms with Crippen LogP contribution in [0, 0.1) is 0 Å². The second-order valence-electron chi connectivity index (χ2n) is 5.58. The molecule has 2 aromatic heterocycles. The van der Waals surface area contributed by atoms with Crippen LogP contribution in [0.15, 0.2) is 30.5 Å². The summed E-state index contributed by atoms with van der Waals surface area (Å²) in [5.41, 5.74) is 5.42. The van der Waals surface area contributed by atoms with Crippen LogP contribution in [0.3, 0.4) is 0 Å². The summed E-state index contributed by atoms with van der Waals surface area (Å²) in [5.74, 6) is 0.556. The van der Waals surface area contributed by atoms with Crippen molar-refractivity contribution in [2.45, 2.75) is 19.3 Å². The van der Waals surface area contributed by atoms with Crippen LogP contribution in [0.5, 0.6) is 5.75 Å². The molecule has 6 nitrogen and oxygen atoms in total. The van der Waals surface area contributed by atoms with Crippen LogP contribution in [0.4, 0.5) is 4.79 Å². The molecule has 0 amide bonds. The fraction of sp³-hybridized carbons (Fsp3) is 0.235. The Labute approximate surface area is 132 Å². The molecule has 0 spiro atoms. The lowest BCUT2D eigenvalue weighted by Gasteiger charge is -2.12. The van der Waals surface area contributed by atoms with Crippen LogP contribution < -0.4 is 4.74 Å². The second-order valence-corrected chi connectivity index (χ2v) is 5.58.